The molecule has 26 heavy (non-hydrogen) atoms. The van der Waals surface area contributed by atoms with Gasteiger partial charge in [0.15, 0.2) is 0 Å². The van der Waals surface area contributed by atoms with Gasteiger partial charge in [-0.15, -0.1) is 5.10 Å². The van der Waals surface area contributed by atoms with Gasteiger partial charge >= 0.3 is 0 Å². The van der Waals surface area contributed by atoms with Crippen LogP contribution in [0, 0.1) is 6.92 Å². The summed E-state index contributed by atoms with van der Waals surface area (Å²) in [7, 11) is -3.74. The standard InChI is InChI=1S/C19H20BrN3O2S/c1-13-18(21-22-23(13)17-8-6-5-7-16(17)20)26(24,25)15-11-9-14(10-12-15)19(2,3)4/h5-12H,1-4H3. The minimum atomic E-state index is -3.74. The van der Waals surface area contributed by atoms with Crippen LogP contribution in [0.1, 0.15) is 32.0 Å². The minimum absolute atomic E-state index is 0.0308. The summed E-state index contributed by atoms with van der Waals surface area (Å²) < 4.78 is 28.4. The van der Waals surface area contributed by atoms with Crippen LogP contribution in [0.5, 0.6) is 0 Å². The third-order valence-corrected chi connectivity index (χ3v) is 6.67. The van der Waals surface area contributed by atoms with Crippen molar-refractivity contribution in [2.45, 2.75) is 43.0 Å². The SMILES string of the molecule is Cc1c(S(=O)(=O)c2ccc(C(C)(C)C)cc2)nnn1-c1ccccc1Br. The average Bonchev–Trinajstić information content (AvgIpc) is 2.97. The predicted molar refractivity (Wildman–Crippen MR) is 104 cm³/mol. The number of aromatic nitrogens is 3. The molecule has 1 aromatic heterocycles. The van der Waals surface area contributed by atoms with Crippen molar-refractivity contribution in [1.82, 2.24) is 15.0 Å². The van der Waals surface area contributed by atoms with Crippen molar-refractivity contribution in [2.75, 3.05) is 0 Å². The van der Waals surface area contributed by atoms with Gasteiger partial charge in [-0.1, -0.05) is 50.3 Å². The fourth-order valence-corrected chi connectivity index (χ4v) is 4.45. The first-order chi connectivity index (χ1) is 12.1. The molecule has 0 aliphatic carbocycles. The quantitative estimate of drug-likeness (QED) is 0.610. The molecule has 5 nitrogen and oxygen atoms in total. The van der Waals surface area contributed by atoms with E-state index < -0.39 is 9.84 Å². The molecule has 0 unspecified atom stereocenters. The average molecular weight is 434 g/mol. The molecule has 136 valence electrons. The van der Waals surface area contributed by atoms with Crippen LogP contribution in [0.3, 0.4) is 0 Å². The Hall–Kier alpha value is -1.99. The van der Waals surface area contributed by atoms with Gasteiger partial charge < -0.3 is 0 Å². The first-order valence-corrected chi connectivity index (χ1v) is 10.4. The summed E-state index contributed by atoms with van der Waals surface area (Å²) in [4.78, 5) is 0.216. The molecule has 0 spiro atoms. The second-order valence-corrected chi connectivity index (χ2v) is 9.84. The summed E-state index contributed by atoms with van der Waals surface area (Å²) >= 11 is 3.46. The first kappa shape index (κ1) is 18.8. The van der Waals surface area contributed by atoms with Gasteiger partial charge in [-0.25, -0.2) is 13.1 Å². The van der Waals surface area contributed by atoms with E-state index in [-0.39, 0.29) is 15.3 Å². The highest BCUT2D eigenvalue weighted by Crippen LogP contribution is 2.28. The minimum Gasteiger partial charge on any atom is -0.217 e. The van der Waals surface area contributed by atoms with E-state index in [4.69, 9.17) is 0 Å². The Kier molecular flexibility index (Phi) is 4.79. The second kappa shape index (κ2) is 6.63. The first-order valence-electron chi connectivity index (χ1n) is 8.15. The van der Waals surface area contributed by atoms with E-state index in [1.165, 1.54) is 4.68 Å². The molecule has 1 heterocycles. The number of nitrogens with zero attached hydrogens (tertiary/aromatic N) is 3. The van der Waals surface area contributed by atoms with Crippen LogP contribution in [0.4, 0.5) is 0 Å². The highest BCUT2D eigenvalue weighted by Gasteiger charge is 2.26. The monoisotopic (exact) mass is 433 g/mol. The van der Waals surface area contributed by atoms with E-state index in [1.807, 2.05) is 36.4 Å². The number of halogens is 1. The largest absolute Gasteiger partial charge is 0.227 e. The van der Waals surface area contributed by atoms with Gasteiger partial charge in [0, 0.05) is 4.47 Å². The van der Waals surface area contributed by atoms with Crippen molar-refractivity contribution in [3.05, 3.63) is 64.3 Å². The maximum atomic E-state index is 13.0. The van der Waals surface area contributed by atoms with Crippen LogP contribution in [0.25, 0.3) is 5.69 Å². The van der Waals surface area contributed by atoms with E-state index in [2.05, 4.69) is 47.0 Å². The second-order valence-electron chi connectivity index (χ2n) is 7.12. The predicted octanol–water partition coefficient (Wildman–Crippen LogP) is 4.47. The number of rotatable bonds is 3. The third-order valence-electron chi connectivity index (χ3n) is 4.22. The molecule has 0 aliphatic rings. The highest BCUT2D eigenvalue weighted by molar-refractivity contribution is 9.10. The van der Waals surface area contributed by atoms with Gasteiger partial charge in [-0.3, -0.25) is 0 Å². The Morgan fingerprint density at radius 3 is 2.19 bits per heavy atom. The van der Waals surface area contributed by atoms with Gasteiger partial charge in [0.05, 0.1) is 16.3 Å². The maximum Gasteiger partial charge on any atom is 0.227 e. The summed E-state index contributed by atoms with van der Waals surface area (Å²) in [6.45, 7) is 7.97. The Morgan fingerprint density at radius 2 is 1.62 bits per heavy atom. The molecule has 0 N–H and O–H groups in total. The molecule has 3 rings (SSSR count). The van der Waals surface area contributed by atoms with E-state index in [1.54, 1.807) is 19.1 Å². The van der Waals surface area contributed by atoms with Crippen LogP contribution in [0.2, 0.25) is 0 Å². The third kappa shape index (κ3) is 3.33. The molecule has 2 aromatic carbocycles. The fraction of sp³-hybridized carbons (Fsp3) is 0.263. The van der Waals surface area contributed by atoms with E-state index in [0.717, 1.165) is 15.7 Å². The lowest BCUT2D eigenvalue weighted by Crippen LogP contribution is -2.11. The molecule has 7 heteroatoms. The zero-order valence-corrected chi connectivity index (χ0v) is 17.5. The van der Waals surface area contributed by atoms with E-state index in [0.29, 0.717) is 5.69 Å². The van der Waals surface area contributed by atoms with E-state index in [9.17, 15) is 8.42 Å². The zero-order chi connectivity index (χ0) is 19.1. The molecule has 0 atom stereocenters. The Morgan fingerprint density at radius 1 is 1.00 bits per heavy atom. The summed E-state index contributed by atoms with van der Waals surface area (Å²) in [5.74, 6) is 0. The number of hydrogen-bond donors (Lipinski definition) is 0. The summed E-state index contributed by atoms with van der Waals surface area (Å²) in [5.41, 5.74) is 2.24. The van der Waals surface area contributed by atoms with Crippen molar-refractivity contribution in [2.24, 2.45) is 0 Å². The molecule has 0 amide bonds. The highest BCUT2D eigenvalue weighted by atomic mass is 79.9. The Bertz CT molecular complexity index is 1050. The zero-order valence-electron chi connectivity index (χ0n) is 15.1. The van der Waals surface area contributed by atoms with Gasteiger partial charge in [0.1, 0.15) is 0 Å². The van der Waals surface area contributed by atoms with Gasteiger partial charge in [0.2, 0.25) is 14.9 Å². The van der Waals surface area contributed by atoms with Crippen molar-refractivity contribution in [1.29, 1.82) is 0 Å². The van der Waals surface area contributed by atoms with Crippen molar-refractivity contribution in [3.8, 4) is 5.69 Å². The van der Waals surface area contributed by atoms with Gasteiger partial charge in [-0.2, -0.15) is 0 Å². The molecule has 0 aliphatic heterocycles. The summed E-state index contributed by atoms with van der Waals surface area (Å²) in [5, 5.41) is 7.98. The van der Waals surface area contributed by atoms with Gasteiger partial charge in [0.25, 0.3) is 0 Å². The molecule has 0 fully saturated rings. The smallest absolute Gasteiger partial charge is 0.217 e. The molecular formula is C19H20BrN3O2S. The molecule has 0 saturated carbocycles. The molecular weight excluding hydrogens is 414 g/mol. The van der Waals surface area contributed by atoms with Crippen LogP contribution in [-0.2, 0) is 15.3 Å². The molecule has 0 bridgehead atoms. The van der Waals surface area contributed by atoms with E-state index >= 15 is 0 Å². The number of hydrogen-bond acceptors (Lipinski definition) is 4. The van der Waals surface area contributed by atoms with Crippen molar-refractivity contribution >= 4 is 25.8 Å². The maximum absolute atomic E-state index is 13.0. The Balaban J connectivity index is 2.05. The summed E-state index contributed by atoms with van der Waals surface area (Å²) in [6.07, 6.45) is 0. The lowest BCUT2D eigenvalue weighted by atomic mass is 9.87. The lowest BCUT2D eigenvalue weighted by Gasteiger charge is -2.19. The molecule has 3 aromatic rings. The van der Waals surface area contributed by atoms with Crippen LogP contribution in [-0.4, -0.2) is 23.4 Å². The molecule has 0 radical (unpaired) electrons. The lowest BCUT2D eigenvalue weighted by molar-refractivity contribution is 0.584. The molecule has 0 saturated heterocycles. The number of para-hydroxylation sites is 1. The van der Waals surface area contributed by atoms with Gasteiger partial charge in [-0.05, 0) is 58.1 Å². The van der Waals surface area contributed by atoms with Crippen LogP contribution < -0.4 is 0 Å². The number of sulfone groups is 1. The van der Waals surface area contributed by atoms with Crippen molar-refractivity contribution in [3.63, 3.8) is 0 Å². The topological polar surface area (TPSA) is 64.8 Å². The normalized spacial score (nSPS) is 12.3. The van der Waals surface area contributed by atoms with Crippen LogP contribution >= 0.6 is 15.9 Å². The fourth-order valence-electron chi connectivity index (χ4n) is 2.66. The van der Waals surface area contributed by atoms with Crippen molar-refractivity contribution < 1.29 is 8.42 Å². The Labute approximate surface area is 162 Å². The number of benzene rings is 2. The van der Waals surface area contributed by atoms with Crippen LogP contribution in [0.15, 0.2) is 62.9 Å². The summed E-state index contributed by atoms with van der Waals surface area (Å²) in [6, 6.07) is 14.4.